The van der Waals surface area contributed by atoms with Crippen molar-refractivity contribution in [2.45, 2.75) is 51.7 Å². The summed E-state index contributed by atoms with van der Waals surface area (Å²) in [6.07, 6.45) is 1.18. The van der Waals surface area contributed by atoms with E-state index in [1.54, 1.807) is 0 Å². The van der Waals surface area contributed by atoms with E-state index < -0.39 is 11.7 Å². The van der Waals surface area contributed by atoms with Crippen molar-refractivity contribution < 1.29 is 14.3 Å². The normalized spacial score (nSPS) is 25.5. The van der Waals surface area contributed by atoms with Crippen LogP contribution >= 0.6 is 0 Å². The Morgan fingerprint density at radius 1 is 1.53 bits per heavy atom. The van der Waals surface area contributed by atoms with Crippen LogP contribution in [0, 0.1) is 5.92 Å². The van der Waals surface area contributed by atoms with E-state index in [9.17, 15) is 9.59 Å². The molecule has 98 valence electrons. The Bertz CT molecular complexity index is 297. The number of ketones is 1. The van der Waals surface area contributed by atoms with Crippen LogP contribution in [0.4, 0.5) is 4.79 Å². The van der Waals surface area contributed by atoms with Gasteiger partial charge in [-0.15, -0.1) is 0 Å². The monoisotopic (exact) mass is 242 g/mol. The van der Waals surface area contributed by atoms with E-state index in [1.165, 1.54) is 0 Å². The zero-order valence-electron chi connectivity index (χ0n) is 10.8. The fourth-order valence-electron chi connectivity index (χ4n) is 1.99. The highest BCUT2D eigenvalue weighted by Gasteiger charge is 2.30. The molecule has 1 saturated carbocycles. The highest BCUT2D eigenvalue weighted by atomic mass is 16.6. The van der Waals surface area contributed by atoms with Gasteiger partial charge in [-0.25, -0.2) is 4.79 Å². The first-order valence-electron chi connectivity index (χ1n) is 6.03. The molecule has 0 bridgehead atoms. The van der Waals surface area contributed by atoms with Crippen LogP contribution in [0.15, 0.2) is 0 Å². The predicted octanol–water partition coefficient (Wildman–Crippen LogP) is 1.21. The van der Waals surface area contributed by atoms with Gasteiger partial charge in [0.15, 0.2) is 0 Å². The van der Waals surface area contributed by atoms with Gasteiger partial charge in [0, 0.05) is 18.9 Å². The van der Waals surface area contributed by atoms with Gasteiger partial charge in [0.25, 0.3) is 0 Å². The first-order valence-corrected chi connectivity index (χ1v) is 6.03. The largest absolute Gasteiger partial charge is 0.444 e. The van der Waals surface area contributed by atoms with E-state index in [1.807, 2.05) is 20.8 Å². The molecule has 5 heteroatoms. The van der Waals surface area contributed by atoms with E-state index in [2.05, 4.69) is 5.32 Å². The number of alkyl carbamates (subject to hydrolysis) is 1. The summed E-state index contributed by atoms with van der Waals surface area (Å²) < 4.78 is 5.18. The lowest BCUT2D eigenvalue weighted by Gasteiger charge is -2.31. The van der Waals surface area contributed by atoms with Gasteiger partial charge in [0.2, 0.25) is 0 Å². The van der Waals surface area contributed by atoms with Crippen molar-refractivity contribution in [3.63, 3.8) is 0 Å². The minimum Gasteiger partial charge on any atom is -0.444 e. The lowest BCUT2D eigenvalue weighted by Crippen LogP contribution is -2.47. The van der Waals surface area contributed by atoms with Crippen molar-refractivity contribution in [3.8, 4) is 0 Å². The highest BCUT2D eigenvalue weighted by Crippen LogP contribution is 2.21. The van der Waals surface area contributed by atoms with Crippen LogP contribution in [-0.2, 0) is 9.53 Å². The fourth-order valence-corrected chi connectivity index (χ4v) is 1.99. The number of nitrogens with two attached hydrogens (primary N) is 1. The molecule has 0 aliphatic heterocycles. The van der Waals surface area contributed by atoms with Crippen molar-refractivity contribution in [1.82, 2.24) is 5.32 Å². The predicted molar refractivity (Wildman–Crippen MR) is 64.6 cm³/mol. The Labute approximate surface area is 102 Å². The summed E-state index contributed by atoms with van der Waals surface area (Å²) in [5, 5.41) is 2.80. The standard InChI is InChI=1S/C12H22N2O3/c1-12(2,3)17-11(16)14-10-5-4-9(15)6-8(10)7-13/h8,10H,4-7,13H2,1-3H3,(H,14,16). The average molecular weight is 242 g/mol. The molecule has 1 aliphatic carbocycles. The van der Waals surface area contributed by atoms with E-state index in [0.29, 0.717) is 25.8 Å². The molecule has 0 aromatic carbocycles. The number of amides is 1. The maximum Gasteiger partial charge on any atom is 0.407 e. The molecule has 0 heterocycles. The van der Waals surface area contributed by atoms with Gasteiger partial charge in [-0.3, -0.25) is 4.79 Å². The van der Waals surface area contributed by atoms with E-state index in [-0.39, 0.29) is 17.7 Å². The van der Waals surface area contributed by atoms with Crippen LogP contribution in [0.5, 0.6) is 0 Å². The Morgan fingerprint density at radius 3 is 2.71 bits per heavy atom. The van der Waals surface area contributed by atoms with Gasteiger partial charge in [-0.1, -0.05) is 0 Å². The Morgan fingerprint density at radius 2 is 2.18 bits per heavy atom. The summed E-state index contributed by atoms with van der Waals surface area (Å²) in [4.78, 5) is 22.9. The van der Waals surface area contributed by atoms with Crippen LogP contribution in [0.3, 0.4) is 0 Å². The van der Waals surface area contributed by atoms with Gasteiger partial charge in [0.1, 0.15) is 11.4 Å². The lowest BCUT2D eigenvalue weighted by atomic mass is 9.84. The summed E-state index contributed by atoms with van der Waals surface area (Å²) in [5.41, 5.74) is 5.11. The summed E-state index contributed by atoms with van der Waals surface area (Å²) in [5.74, 6) is 0.256. The number of hydrogen-bond donors (Lipinski definition) is 2. The molecule has 2 unspecified atom stereocenters. The molecule has 0 radical (unpaired) electrons. The molecule has 2 atom stereocenters. The van der Waals surface area contributed by atoms with Crippen molar-refractivity contribution >= 4 is 11.9 Å². The molecule has 0 saturated heterocycles. The molecule has 1 rings (SSSR count). The lowest BCUT2D eigenvalue weighted by molar-refractivity contribution is -0.122. The molecule has 0 spiro atoms. The highest BCUT2D eigenvalue weighted by molar-refractivity contribution is 5.80. The topological polar surface area (TPSA) is 81.4 Å². The molecule has 17 heavy (non-hydrogen) atoms. The van der Waals surface area contributed by atoms with Gasteiger partial charge in [-0.05, 0) is 39.7 Å². The first kappa shape index (κ1) is 14.0. The summed E-state index contributed by atoms with van der Waals surface area (Å²) >= 11 is 0. The summed E-state index contributed by atoms with van der Waals surface area (Å²) in [6, 6.07) is -0.0486. The summed E-state index contributed by atoms with van der Waals surface area (Å²) in [7, 11) is 0. The average Bonchev–Trinajstić information content (AvgIpc) is 2.17. The Kier molecular flexibility index (Phi) is 4.51. The first-order chi connectivity index (χ1) is 7.81. The van der Waals surface area contributed by atoms with E-state index in [0.717, 1.165) is 0 Å². The van der Waals surface area contributed by atoms with Crippen molar-refractivity contribution in [2.24, 2.45) is 11.7 Å². The van der Waals surface area contributed by atoms with Crippen LogP contribution in [0.25, 0.3) is 0 Å². The number of rotatable bonds is 2. The SMILES string of the molecule is CC(C)(C)OC(=O)NC1CCC(=O)CC1CN. The number of carbonyl (C=O) groups excluding carboxylic acids is 2. The molecule has 0 aromatic rings. The molecular weight excluding hydrogens is 220 g/mol. The number of nitrogens with one attached hydrogen (secondary N) is 1. The van der Waals surface area contributed by atoms with Gasteiger partial charge < -0.3 is 15.8 Å². The third-order valence-electron chi connectivity index (χ3n) is 2.80. The minimum absolute atomic E-state index is 0.0313. The van der Waals surface area contributed by atoms with Crippen molar-refractivity contribution in [1.29, 1.82) is 0 Å². The van der Waals surface area contributed by atoms with Crippen molar-refractivity contribution in [3.05, 3.63) is 0 Å². The second-order valence-corrected chi connectivity index (χ2v) is 5.53. The maximum absolute atomic E-state index is 11.6. The quantitative estimate of drug-likeness (QED) is 0.762. The molecule has 3 N–H and O–H groups in total. The zero-order valence-corrected chi connectivity index (χ0v) is 10.8. The Balaban J connectivity index is 2.49. The van der Waals surface area contributed by atoms with Crippen LogP contribution in [0.1, 0.15) is 40.0 Å². The van der Waals surface area contributed by atoms with E-state index in [4.69, 9.17) is 10.5 Å². The molecule has 1 amide bonds. The minimum atomic E-state index is -0.507. The number of ether oxygens (including phenoxy) is 1. The van der Waals surface area contributed by atoms with Gasteiger partial charge >= 0.3 is 6.09 Å². The smallest absolute Gasteiger partial charge is 0.407 e. The van der Waals surface area contributed by atoms with E-state index >= 15 is 0 Å². The molecular formula is C12H22N2O3. The molecule has 0 aromatic heterocycles. The molecule has 1 fully saturated rings. The van der Waals surface area contributed by atoms with Crippen LogP contribution in [-0.4, -0.2) is 30.1 Å². The number of carbonyl (C=O) groups is 2. The van der Waals surface area contributed by atoms with Crippen LogP contribution in [0.2, 0.25) is 0 Å². The number of hydrogen-bond acceptors (Lipinski definition) is 4. The molecule has 1 aliphatic rings. The third kappa shape index (κ3) is 4.73. The Hall–Kier alpha value is -1.10. The second kappa shape index (κ2) is 5.49. The summed E-state index contributed by atoms with van der Waals surface area (Å²) in [6.45, 7) is 5.86. The third-order valence-corrected chi connectivity index (χ3v) is 2.80. The zero-order chi connectivity index (χ0) is 13.1. The number of Topliss-reactive ketones (excluding diaryl/α,β-unsaturated/α-hetero) is 1. The maximum atomic E-state index is 11.6. The van der Waals surface area contributed by atoms with Crippen LogP contribution < -0.4 is 11.1 Å². The van der Waals surface area contributed by atoms with Gasteiger partial charge in [-0.2, -0.15) is 0 Å². The van der Waals surface area contributed by atoms with Crippen molar-refractivity contribution in [2.75, 3.05) is 6.54 Å². The van der Waals surface area contributed by atoms with Gasteiger partial charge in [0.05, 0.1) is 0 Å². The fraction of sp³-hybridized carbons (Fsp3) is 0.833. The molecule has 5 nitrogen and oxygen atoms in total. The second-order valence-electron chi connectivity index (χ2n) is 5.53.